The molecule has 0 nitrogen and oxygen atoms in total. The van der Waals surface area contributed by atoms with Crippen molar-refractivity contribution < 1.29 is 4.32 Å². The molecule has 0 fully saturated rings. The zero-order valence-corrected chi connectivity index (χ0v) is 4.37. The van der Waals surface area contributed by atoms with Gasteiger partial charge in [-0.25, -0.2) is 0 Å². The second-order valence-electron chi connectivity index (χ2n) is 1.87. The fourth-order valence-electron chi connectivity index (χ4n) is 0.218. The van der Waals surface area contributed by atoms with E-state index in [-0.39, 0.29) is 7.56 Å². The maximum Gasteiger partial charge on any atom is 0.331 e. The molecule has 0 aromatic carbocycles. The topological polar surface area (TPSA) is 0 Å². The molecule has 0 aliphatic carbocycles. The van der Waals surface area contributed by atoms with Gasteiger partial charge in [-0.1, -0.05) is 19.8 Å². The van der Waals surface area contributed by atoms with E-state index in [1.165, 1.54) is 0 Å². The molecule has 0 spiro atoms. The number of hydrogen-bond acceptors (Lipinski definition) is 0. The van der Waals surface area contributed by atoms with Crippen molar-refractivity contribution in [1.29, 1.82) is 0 Å². The predicted octanol–water partition coefficient (Wildman–Crippen LogP) is 1.38. The molecule has 0 aromatic heterocycles. The Balaban J connectivity index is 2.63. The molecule has 0 unspecified atom stereocenters. The highest BCUT2D eigenvalue weighted by atomic mass is 19.1. The number of halogens is 1. The maximum atomic E-state index is 11.2. The van der Waals surface area contributed by atoms with Crippen molar-refractivity contribution in [2.45, 2.75) is 20.2 Å². The molecule has 0 saturated heterocycles. The van der Waals surface area contributed by atoms with Crippen molar-refractivity contribution in [2.24, 2.45) is 5.92 Å². The van der Waals surface area contributed by atoms with Gasteiger partial charge in [-0.2, -0.15) is 0 Å². The monoisotopic (exact) mass is 88.1 g/mol. The second kappa shape index (κ2) is 3.20. The first-order valence-corrected chi connectivity index (χ1v) is 2.33. The Kier molecular flexibility index (Phi) is 3.19. The summed E-state index contributed by atoms with van der Waals surface area (Å²) in [5, 5.41) is 0. The average molecular weight is 87.9 g/mol. The summed E-state index contributed by atoms with van der Waals surface area (Å²) in [7, 11) is -0.169. The molecule has 0 radical (unpaired) electrons. The molecule has 0 heterocycles. The van der Waals surface area contributed by atoms with E-state index in [1.54, 1.807) is 0 Å². The van der Waals surface area contributed by atoms with Gasteiger partial charge < -0.3 is 4.32 Å². The van der Waals surface area contributed by atoms with Gasteiger partial charge in [0.15, 0.2) is 0 Å². The number of hydrogen-bond donors (Lipinski definition) is 0. The Morgan fingerprint density at radius 3 is 2.17 bits per heavy atom. The Bertz CT molecular complexity index is 28.7. The lowest BCUT2D eigenvalue weighted by Gasteiger charge is -1.92. The quantitative estimate of drug-likeness (QED) is 0.447. The maximum absolute atomic E-state index is 11.2. The highest BCUT2D eigenvalue weighted by Gasteiger charge is 1.91. The lowest BCUT2D eigenvalue weighted by atomic mass is 9.90. The Morgan fingerprint density at radius 2 is 2.17 bits per heavy atom. The highest BCUT2D eigenvalue weighted by Crippen LogP contribution is 1.97. The van der Waals surface area contributed by atoms with Gasteiger partial charge in [-0.05, 0) is 6.32 Å². The van der Waals surface area contributed by atoms with Crippen molar-refractivity contribution in [2.75, 3.05) is 0 Å². The van der Waals surface area contributed by atoms with E-state index in [1.807, 2.05) is 13.8 Å². The average Bonchev–Trinajstić information content (AvgIpc) is 1.35. The van der Waals surface area contributed by atoms with Crippen LogP contribution in [0.4, 0.5) is 4.32 Å². The Labute approximate surface area is 39.0 Å². The molecule has 0 amide bonds. The third-order valence-electron chi connectivity index (χ3n) is 0.686. The van der Waals surface area contributed by atoms with Crippen LogP contribution in [0.2, 0.25) is 6.32 Å². The molecule has 0 aromatic rings. The SMILES string of the molecule is CC(C)CBF. The van der Waals surface area contributed by atoms with Gasteiger partial charge in [0.05, 0.1) is 0 Å². The summed E-state index contributed by atoms with van der Waals surface area (Å²) in [5.41, 5.74) is 0. The fourth-order valence-corrected chi connectivity index (χ4v) is 0.218. The Hall–Kier alpha value is -0.00506. The first kappa shape index (κ1) is 5.99. The van der Waals surface area contributed by atoms with E-state index in [4.69, 9.17) is 0 Å². The van der Waals surface area contributed by atoms with Gasteiger partial charge in [0, 0.05) is 0 Å². The molecule has 0 atom stereocenters. The zero-order valence-electron chi connectivity index (χ0n) is 4.37. The summed E-state index contributed by atoms with van der Waals surface area (Å²) in [4.78, 5) is 0. The van der Waals surface area contributed by atoms with Crippen LogP contribution < -0.4 is 0 Å². The largest absolute Gasteiger partial charge is 0.341 e. The highest BCUT2D eigenvalue weighted by molar-refractivity contribution is 6.26. The van der Waals surface area contributed by atoms with Crippen LogP contribution in [0.3, 0.4) is 0 Å². The van der Waals surface area contributed by atoms with Crippen molar-refractivity contribution in [3.05, 3.63) is 0 Å². The van der Waals surface area contributed by atoms with Crippen molar-refractivity contribution in [1.82, 2.24) is 0 Å². The molecule has 0 rings (SSSR count). The molecule has 36 valence electrons. The standard InChI is InChI=1S/C4H10BF/c1-4(2)3-5-6/h4-5H,3H2,1-2H3. The van der Waals surface area contributed by atoms with Crippen LogP contribution >= 0.6 is 0 Å². The summed E-state index contributed by atoms with van der Waals surface area (Å²) in [6.45, 7) is 4.03. The Morgan fingerprint density at radius 1 is 1.67 bits per heavy atom. The lowest BCUT2D eigenvalue weighted by Crippen LogP contribution is -1.87. The molecule has 0 aliphatic rings. The minimum atomic E-state index is -0.169. The van der Waals surface area contributed by atoms with Crippen LogP contribution in [0.1, 0.15) is 13.8 Å². The summed E-state index contributed by atoms with van der Waals surface area (Å²) in [6.07, 6.45) is 0.708. The van der Waals surface area contributed by atoms with Crippen molar-refractivity contribution in [3.8, 4) is 0 Å². The van der Waals surface area contributed by atoms with E-state index < -0.39 is 0 Å². The first-order chi connectivity index (χ1) is 2.77. The van der Waals surface area contributed by atoms with E-state index in [9.17, 15) is 4.32 Å². The third-order valence-corrected chi connectivity index (χ3v) is 0.686. The predicted molar refractivity (Wildman–Crippen MR) is 27.9 cm³/mol. The lowest BCUT2D eigenvalue weighted by molar-refractivity contribution is 0.702. The van der Waals surface area contributed by atoms with Gasteiger partial charge in [0.2, 0.25) is 0 Å². The van der Waals surface area contributed by atoms with Crippen molar-refractivity contribution in [3.63, 3.8) is 0 Å². The van der Waals surface area contributed by atoms with Gasteiger partial charge in [0.25, 0.3) is 0 Å². The number of rotatable bonds is 2. The van der Waals surface area contributed by atoms with E-state index in [0.717, 1.165) is 0 Å². The molecule has 0 aliphatic heterocycles. The van der Waals surface area contributed by atoms with Crippen LogP contribution in [0, 0.1) is 5.92 Å². The van der Waals surface area contributed by atoms with Crippen LogP contribution in [0.25, 0.3) is 0 Å². The second-order valence-corrected chi connectivity index (χ2v) is 1.87. The first-order valence-electron chi connectivity index (χ1n) is 2.33. The molecule has 6 heavy (non-hydrogen) atoms. The summed E-state index contributed by atoms with van der Waals surface area (Å²) < 4.78 is 11.2. The molecular formula is C4H10BF. The van der Waals surface area contributed by atoms with Crippen LogP contribution in [0.5, 0.6) is 0 Å². The van der Waals surface area contributed by atoms with Gasteiger partial charge >= 0.3 is 7.56 Å². The summed E-state index contributed by atoms with van der Waals surface area (Å²) in [5.74, 6) is 0.523. The van der Waals surface area contributed by atoms with Gasteiger partial charge in [-0.3, -0.25) is 0 Å². The molecule has 0 bridgehead atoms. The molecule has 0 N–H and O–H groups in total. The normalized spacial score (nSPS) is 9.33. The van der Waals surface area contributed by atoms with E-state index in [0.29, 0.717) is 12.2 Å². The van der Waals surface area contributed by atoms with Crippen molar-refractivity contribution >= 4 is 7.56 Å². The smallest absolute Gasteiger partial charge is 0.331 e. The van der Waals surface area contributed by atoms with Crippen LogP contribution in [-0.2, 0) is 0 Å². The van der Waals surface area contributed by atoms with Gasteiger partial charge in [-0.15, -0.1) is 0 Å². The minimum absolute atomic E-state index is 0.169. The molecule has 0 saturated carbocycles. The van der Waals surface area contributed by atoms with E-state index in [2.05, 4.69) is 0 Å². The van der Waals surface area contributed by atoms with E-state index >= 15 is 0 Å². The molecule has 2 heteroatoms. The van der Waals surface area contributed by atoms with Crippen LogP contribution in [-0.4, -0.2) is 7.56 Å². The fraction of sp³-hybridized carbons (Fsp3) is 1.00. The minimum Gasteiger partial charge on any atom is -0.341 e. The van der Waals surface area contributed by atoms with Crippen LogP contribution in [0.15, 0.2) is 0 Å². The third kappa shape index (κ3) is 3.99. The van der Waals surface area contributed by atoms with Gasteiger partial charge in [0.1, 0.15) is 0 Å². The molecular weight excluding hydrogens is 77.9 g/mol. The zero-order chi connectivity index (χ0) is 4.99. The summed E-state index contributed by atoms with van der Waals surface area (Å²) in [6, 6.07) is 0. The summed E-state index contributed by atoms with van der Waals surface area (Å²) >= 11 is 0.